The number of ether oxygens (including phenoxy) is 1. The molecule has 2 heterocycles. The molecule has 6 heteroatoms. The van der Waals surface area contributed by atoms with E-state index in [9.17, 15) is 0 Å². The maximum atomic E-state index is 5.98. The smallest absolute Gasteiger partial charge is 0.213 e. The van der Waals surface area contributed by atoms with Gasteiger partial charge in [-0.05, 0) is 36.7 Å². The van der Waals surface area contributed by atoms with Crippen molar-refractivity contribution < 1.29 is 4.74 Å². The third-order valence-corrected chi connectivity index (χ3v) is 4.54. The molecule has 1 aliphatic rings. The van der Waals surface area contributed by atoms with E-state index in [1.807, 2.05) is 12.1 Å². The highest BCUT2D eigenvalue weighted by molar-refractivity contribution is 6.30. The minimum absolute atomic E-state index is 0. The van der Waals surface area contributed by atoms with Crippen LogP contribution in [0.2, 0.25) is 10.0 Å². The van der Waals surface area contributed by atoms with Gasteiger partial charge in [0.2, 0.25) is 5.88 Å². The van der Waals surface area contributed by atoms with Crippen molar-refractivity contribution >= 4 is 35.6 Å². The first-order valence-electron chi connectivity index (χ1n) is 7.43. The molecular weight excluding hydrogens is 355 g/mol. The van der Waals surface area contributed by atoms with Crippen molar-refractivity contribution in [3.05, 3.63) is 58.2 Å². The molecular formula is C17H19Cl3N2O. The van der Waals surface area contributed by atoms with Crippen molar-refractivity contribution in [1.82, 2.24) is 10.3 Å². The minimum Gasteiger partial charge on any atom is -0.477 e. The van der Waals surface area contributed by atoms with Gasteiger partial charge in [-0.25, -0.2) is 4.98 Å². The van der Waals surface area contributed by atoms with Crippen molar-refractivity contribution in [3.8, 4) is 5.88 Å². The first kappa shape index (κ1) is 18.3. The largest absolute Gasteiger partial charge is 0.477 e. The number of nitrogens with zero attached hydrogens (tertiary/aromatic N) is 1. The molecule has 1 fully saturated rings. The predicted octanol–water partition coefficient (Wildman–Crippen LogP) is 4.58. The summed E-state index contributed by atoms with van der Waals surface area (Å²) in [7, 11) is 0. The number of nitrogens with one attached hydrogen (secondary N) is 1. The quantitative estimate of drug-likeness (QED) is 0.851. The molecule has 0 unspecified atom stereocenters. The second-order valence-electron chi connectivity index (χ2n) is 5.54. The normalized spacial score (nSPS) is 20.6. The molecule has 0 aliphatic carbocycles. The Morgan fingerprint density at radius 2 is 1.83 bits per heavy atom. The topological polar surface area (TPSA) is 34.1 Å². The van der Waals surface area contributed by atoms with Gasteiger partial charge in [0.05, 0.1) is 11.6 Å². The summed E-state index contributed by atoms with van der Waals surface area (Å²) in [6, 6.07) is 11.7. The van der Waals surface area contributed by atoms with Crippen LogP contribution < -0.4 is 10.1 Å². The maximum absolute atomic E-state index is 5.98. The molecule has 23 heavy (non-hydrogen) atoms. The number of aromatic nitrogens is 1. The lowest BCUT2D eigenvalue weighted by molar-refractivity contribution is 0.189. The molecule has 1 N–H and O–H groups in total. The Morgan fingerprint density at radius 3 is 2.52 bits per heavy atom. The van der Waals surface area contributed by atoms with Crippen LogP contribution in [0.4, 0.5) is 0 Å². The van der Waals surface area contributed by atoms with Crippen LogP contribution in [-0.2, 0) is 0 Å². The van der Waals surface area contributed by atoms with Gasteiger partial charge in [0.25, 0.3) is 0 Å². The Balaban J connectivity index is 0.00000192. The van der Waals surface area contributed by atoms with Crippen LogP contribution in [-0.4, -0.2) is 24.7 Å². The molecule has 1 aromatic carbocycles. The standard InChI is InChI=1S/C17H18Cl2N2O.ClH/c18-14-3-1-12(2-4-14)16-10-20-8-7-13(16)11-22-17-6-5-15(19)9-21-17;/h1-6,9,13,16,20H,7-8,10-11H2;1H/t13-,16-;/m0./s1. The zero-order valence-corrected chi connectivity index (χ0v) is 14.9. The Labute approximate surface area is 152 Å². The molecule has 124 valence electrons. The van der Waals surface area contributed by atoms with Crippen molar-refractivity contribution in [3.63, 3.8) is 0 Å². The summed E-state index contributed by atoms with van der Waals surface area (Å²) in [6.07, 6.45) is 2.69. The lowest BCUT2D eigenvalue weighted by Gasteiger charge is -2.32. The van der Waals surface area contributed by atoms with Crippen LogP contribution in [0.5, 0.6) is 5.88 Å². The Kier molecular flexibility index (Phi) is 6.97. The summed E-state index contributed by atoms with van der Waals surface area (Å²) in [5.74, 6) is 1.51. The van der Waals surface area contributed by atoms with Gasteiger partial charge in [-0.15, -0.1) is 12.4 Å². The molecule has 0 amide bonds. The fourth-order valence-corrected chi connectivity index (χ4v) is 3.09. The number of pyridine rings is 1. The average molecular weight is 374 g/mol. The van der Waals surface area contributed by atoms with E-state index in [1.54, 1.807) is 18.3 Å². The zero-order chi connectivity index (χ0) is 15.4. The van der Waals surface area contributed by atoms with Crippen LogP contribution in [0.3, 0.4) is 0 Å². The van der Waals surface area contributed by atoms with Gasteiger partial charge < -0.3 is 10.1 Å². The molecule has 3 nitrogen and oxygen atoms in total. The van der Waals surface area contributed by atoms with Gasteiger partial charge in [0, 0.05) is 35.7 Å². The summed E-state index contributed by atoms with van der Waals surface area (Å²) in [5.41, 5.74) is 1.30. The number of hydrogen-bond acceptors (Lipinski definition) is 3. The average Bonchev–Trinajstić information content (AvgIpc) is 2.55. The van der Waals surface area contributed by atoms with Gasteiger partial charge in [-0.3, -0.25) is 0 Å². The second-order valence-corrected chi connectivity index (χ2v) is 6.41. The van der Waals surface area contributed by atoms with E-state index in [1.165, 1.54) is 5.56 Å². The van der Waals surface area contributed by atoms with Crippen molar-refractivity contribution in [1.29, 1.82) is 0 Å². The summed E-state index contributed by atoms with van der Waals surface area (Å²) < 4.78 is 5.85. The van der Waals surface area contributed by atoms with Crippen molar-refractivity contribution in [2.24, 2.45) is 5.92 Å². The number of piperidine rings is 1. The lowest BCUT2D eigenvalue weighted by atomic mass is 9.82. The fourth-order valence-electron chi connectivity index (χ4n) is 2.85. The van der Waals surface area contributed by atoms with Crippen LogP contribution in [0.25, 0.3) is 0 Å². The Bertz CT molecular complexity index is 604. The van der Waals surface area contributed by atoms with E-state index in [2.05, 4.69) is 22.4 Å². The molecule has 0 spiro atoms. The molecule has 2 aromatic rings. The highest BCUT2D eigenvalue weighted by Crippen LogP contribution is 2.30. The first-order valence-corrected chi connectivity index (χ1v) is 8.18. The van der Waals surface area contributed by atoms with E-state index in [-0.39, 0.29) is 12.4 Å². The van der Waals surface area contributed by atoms with Crippen LogP contribution in [0, 0.1) is 5.92 Å². The van der Waals surface area contributed by atoms with Gasteiger partial charge in [-0.1, -0.05) is 35.3 Å². The van der Waals surface area contributed by atoms with Crippen LogP contribution in [0.1, 0.15) is 17.9 Å². The SMILES string of the molecule is Cl.Clc1ccc([C@@H]2CNCC[C@H]2COc2ccc(Cl)cn2)cc1. The number of rotatable bonds is 4. The monoisotopic (exact) mass is 372 g/mol. The van der Waals surface area contributed by atoms with E-state index < -0.39 is 0 Å². The van der Waals surface area contributed by atoms with Gasteiger partial charge in [0.15, 0.2) is 0 Å². The van der Waals surface area contributed by atoms with E-state index >= 15 is 0 Å². The van der Waals surface area contributed by atoms with Crippen LogP contribution >= 0.6 is 35.6 Å². The predicted molar refractivity (Wildman–Crippen MR) is 97.2 cm³/mol. The van der Waals surface area contributed by atoms with Gasteiger partial charge in [-0.2, -0.15) is 0 Å². The number of benzene rings is 1. The molecule has 1 saturated heterocycles. The van der Waals surface area contributed by atoms with Crippen molar-refractivity contribution in [2.75, 3.05) is 19.7 Å². The molecule has 2 atom stereocenters. The van der Waals surface area contributed by atoms with Crippen LogP contribution in [0.15, 0.2) is 42.6 Å². The molecule has 1 aromatic heterocycles. The van der Waals surface area contributed by atoms with E-state index in [0.29, 0.717) is 29.3 Å². The summed E-state index contributed by atoms with van der Waals surface area (Å²) >= 11 is 11.8. The highest BCUT2D eigenvalue weighted by Gasteiger charge is 2.27. The third kappa shape index (κ3) is 4.98. The molecule has 0 bridgehead atoms. The Morgan fingerprint density at radius 1 is 1.09 bits per heavy atom. The first-order chi connectivity index (χ1) is 10.7. The highest BCUT2D eigenvalue weighted by atomic mass is 35.5. The maximum Gasteiger partial charge on any atom is 0.213 e. The summed E-state index contributed by atoms with van der Waals surface area (Å²) in [5, 5.41) is 4.85. The van der Waals surface area contributed by atoms with E-state index in [0.717, 1.165) is 24.5 Å². The summed E-state index contributed by atoms with van der Waals surface area (Å²) in [6.45, 7) is 2.64. The zero-order valence-electron chi connectivity index (χ0n) is 12.5. The lowest BCUT2D eigenvalue weighted by Crippen LogP contribution is -2.37. The second kappa shape index (κ2) is 8.74. The molecule has 3 rings (SSSR count). The van der Waals surface area contributed by atoms with E-state index in [4.69, 9.17) is 27.9 Å². The van der Waals surface area contributed by atoms with Gasteiger partial charge in [0.1, 0.15) is 0 Å². The number of hydrogen-bond donors (Lipinski definition) is 1. The van der Waals surface area contributed by atoms with Gasteiger partial charge >= 0.3 is 0 Å². The minimum atomic E-state index is 0. The molecule has 1 aliphatic heterocycles. The molecule has 0 radical (unpaired) electrons. The fraction of sp³-hybridized carbons (Fsp3) is 0.353. The Hall–Kier alpha value is -1.00. The van der Waals surface area contributed by atoms with Crippen molar-refractivity contribution in [2.45, 2.75) is 12.3 Å². The summed E-state index contributed by atoms with van der Waals surface area (Å²) in [4.78, 5) is 4.18. The third-order valence-electron chi connectivity index (χ3n) is 4.07. The number of halogens is 3. The molecule has 0 saturated carbocycles.